The number of aromatic hydroxyl groups is 2. The molecule has 0 spiro atoms. The summed E-state index contributed by atoms with van der Waals surface area (Å²) in [6.07, 6.45) is 0. The Labute approximate surface area is 232 Å². The maximum atomic E-state index is 14.8. The van der Waals surface area contributed by atoms with Crippen molar-refractivity contribution in [2.45, 2.75) is 12.8 Å². The summed E-state index contributed by atoms with van der Waals surface area (Å²) in [4.78, 5) is 42.6. The van der Waals surface area contributed by atoms with Crippen LogP contribution < -0.4 is 10.6 Å². The molecule has 8 nitrogen and oxygen atoms in total. The number of rotatable bonds is 10. The van der Waals surface area contributed by atoms with E-state index in [1.807, 2.05) is 0 Å². The Balaban J connectivity index is 1.80. The molecular weight excluding hydrogens is 513 g/mol. The molecule has 1 aliphatic rings. The van der Waals surface area contributed by atoms with Crippen LogP contribution in [-0.4, -0.2) is 72.4 Å². The van der Waals surface area contributed by atoms with E-state index in [0.29, 0.717) is 24.2 Å². The fourth-order valence-corrected chi connectivity index (χ4v) is 5.51. The zero-order valence-corrected chi connectivity index (χ0v) is 22.6. The molecule has 4 rings (SSSR count). The average Bonchev–Trinajstić information content (AvgIpc) is 2.93. The van der Waals surface area contributed by atoms with Gasteiger partial charge in [0.05, 0.1) is 6.54 Å². The number of ketones is 2. The highest BCUT2D eigenvalue weighted by Crippen LogP contribution is 2.42. The molecule has 3 aromatic carbocycles. The number of likely N-dealkylation sites (tertiary alicyclic amines) is 1. The molecule has 3 aromatic rings. The van der Waals surface area contributed by atoms with E-state index in [-0.39, 0.29) is 59.7 Å². The monoisotopic (exact) mass is 547 g/mol. The molecule has 0 bridgehead atoms. The maximum Gasteiger partial charge on any atom is 0.234 e. The van der Waals surface area contributed by atoms with Crippen LogP contribution in [-0.2, 0) is 4.79 Å². The lowest BCUT2D eigenvalue weighted by Gasteiger charge is -2.43. The van der Waals surface area contributed by atoms with E-state index in [1.54, 1.807) is 55.3 Å². The largest absolute Gasteiger partial charge is 0.508 e. The first kappa shape index (κ1) is 28.9. The summed E-state index contributed by atoms with van der Waals surface area (Å²) >= 11 is 0. The number of carbonyl (C=O) groups excluding carboxylic acids is 3. The third-order valence-electron chi connectivity index (χ3n) is 7.44. The van der Waals surface area contributed by atoms with Gasteiger partial charge < -0.3 is 20.8 Å². The van der Waals surface area contributed by atoms with Crippen molar-refractivity contribution < 1.29 is 29.0 Å². The van der Waals surface area contributed by atoms with E-state index in [2.05, 4.69) is 10.6 Å². The van der Waals surface area contributed by atoms with Gasteiger partial charge in [0.15, 0.2) is 11.6 Å². The molecule has 9 heteroatoms. The van der Waals surface area contributed by atoms with Gasteiger partial charge in [-0.3, -0.25) is 19.3 Å². The van der Waals surface area contributed by atoms with Crippen LogP contribution in [0.25, 0.3) is 0 Å². The lowest BCUT2D eigenvalue weighted by Crippen LogP contribution is -2.53. The van der Waals surface area contributed by atoms with E-state index in [4.69, 9.17) is 0 Å². The number of Topliss-reactive ketones (excluding diaryl/α,β-unsaturated/α-hetero) is 2. The van der Waals surface area contributed by atoms with Crippen LogP contribution in [0.5, 0.6) is 11.5 Å². The number of hydrogen-bond acceptors (Lipinski definition) is 7. The summed E-state index contributed by atoms with van der Waals surface area (Å²) < 4.78 is 14.8. The van der Waals surface area contributed by atoms with Crippen molar-refractivity contribution in [3.63, 3.8) is 0 Å². The third kappa shape index (κ3) is 6.55. The highest BCUT2D eigenvalue weighted by Gasteiger charge is 2.46. The quantitative estimate of drug-likeness (QED) is 0.227. The second kappa shape index (κ2) is 12.8. The van der Waals surface area contributed by atoms with Crippen LogP contribution in [0.1, 0.15) is 37.8 Å². The maximum absolute atomic E-state index is 14.8. The van der Waals surface area contributed by atoms with E-state index >= 15 is 0 Å². The molecule has 1 amide bonds. The van der Waals surface area contributed by atoms with Crippen LogP contribution in [0.2, 0.25) is 0 Å². The second-order valence-electron chi connectivity index (χ2n) is 10.2. The lowest BCUT2D eigenvalue weighted by molar-refractivity contribution is -0.122. The summed E-state index contributed by atoms with van der Waals surface area (Å²) in [5.41, 5.74) is 1.39. The molecule has 0 aliphatic carbocycles. The number of halogens is 1. The molecule has 4 N–H and O–H groups in total. The molecule has 0 saturated carbocycles. The molecule has 1 fully saturated rings. The topological polar surface area (TPSA) is 119 Å². The van der Waals surface area contributed by atoms with Gasteiger partial charge in [-0.15, -0.1) is 0 Å². The van der Waals surface area contributed by atoms with Gasteiger partial charge in [0.25, 0.3) is 0 Å². The number of piperidine rings is 1. The van der Waals surface area contributed by atoms with E-state index < -0.39 is 23.6 Å². The first-order valence-corrected chi connectivity index (χ1v) is 13.2. The Morgan fingerprint density at radius 3 is 1.95 bits per heavy atom. The number of hydrogen-bond donors (Lipinski definition) is 4. The van der Waals surface area contributed by atoms with Gasteiger partial charge in [0, 0.05) is 55.1 Å². The number of carbonyl (C=O) groups is 3. The van der Waals surface area contributed by atoms with Crippen molar-refractivity contribution >= 4 is 17.5 Å². The fraction of sp³-hybridized carbons (Fsp3) is 0.323. The Kier molecular flexibility index (Phi) is 9.29. The zero-order chi connectivity index (χ0) is 28.8. The smallest absolute Gasteiger partial charge is 0.234 e. The molecule has 40 heavy (non-hydrogen) atoms. The van der Waals surface area contributed by atoms with E-state index in [1.165, 1.54) is 30.3 Å². The van der Waals surface area contributed by atoms with E-state index in [9.17, 15) is 29.0 Å². The minimum atomic E-state index is -0.826. The molecule has 2 unspecified atom stereocenters. The van der Waals surface area contributed by atoms with Gasteiger partial charge in [-0.1, -0.05) is 36.4 Å². The zero-order valence-electron chi connectivity index (χ0n) is 22.6. The Bertz CT molecular complexity index is 1330. The van der Waals surface area contributed by atoms with Gasteiger partial charge in [-0.2, -0.15) is 0 Å². The Morgan fingerprint density at radius 2 is 1.43 bits per heavy atom. The predicted molar refractivity (Wildman–Crippen MR) is 149 cm³/mol. The number of nitrogens with zero attached hydrogens (tertiary/aromatic N) is 1. The summed E-state index contributed by atoms with van der Waals surface area (Å²) in [5, 5.41) is 25.9. The van der Waals surface area contributed by atoms with Gasteiger partial charge in [-0.25, -0.2) is 4.39 Å². The molecule has 210 valence electrons. The van der Waals surface area contributed by atoms with Crippen LogP contribution >= 0.6 is 0 Å². The summed E-state index contributed by atoms with van der Waals surface area (Å²) in [6, 6.07) is 16.6. The number of likely N-dealkylation sites (N-methyl/N-ethyl adjacent to an activating group) is 1. The molecule has 1 heterocycles. The Hall–Kier alpha value is -4.08. The van der Waals surface area contributed by atoms with Gasteiger partial charge in [0.2, 0.25) is 5.91 Å². The fourth-order valence-electron chi connectivity index (χ4n) is 5.51. The number of phenolic OH excluding ortho intramolecular Hbond substituents is 2. The van der Waals surface area contributed by atoms with Crippen LogP contribution in [0, 0.1) is 24.6 Å². The van der Waals surface area contributed by atoms with Crippen LogP contribution in [0.15, 0.2) is 66.7 Å². The van der Waals surface area contributed by atoms with Crippen molar-refractivity contribution in [2.24, 2.45) is 11.8 Å². The SMILES string of the molecule is CNCCNC(=O)CN1CC(C(=O)c2cccc(O)c2)C(c2cccc(F)c2C)C(C(=O)c2cccc(O)c2)C1. The van der Waals surface area contributed by atoms with Crippen molar-refractivity contribution in [3.05, 3.63) is 94.8 Å². The van der Waals surface area contributed by atoms with Gasteiger partial charge in [0.1, 0.15) is 17.3 Å². The highest BCUT2D eigenvalue weighted by molar-refractivity contribution is 6.02. The number of benzene rings is 3. The standard InChI is InChI=1S/C31H34FN3O5/c1-19-24(10-5-11-27(19)32)29-25(30(39)20-6-3-8-22(36)14-20)16-35(18-28(38)34-13-12-33-2)17-26(29)31(40)21-7-4-9-23(37)15-21/h3-11,14-15,25-26,29,33,36-37H,12-13,16-18H2,1-2H3,(H,34,38). The van der Waals surface area contributed by atoms with Crippen molar-refractivity contribution in [1.82, 2.24) is 15.5 Å². The number of phenols is 2. The minimum Gasteiger partial charge on any atom is -0.508 e. The van der Waals surface area contributed by atoms with Crippen LogP contribution in [0.4, 0.5) is 4.39 Å². The van der Waals surface area contributed by atoms with E-state index in [0.717, 1.165) is 0 Å². The highest BCUT2D eigenvalue weighted by atomic mass is 19.1. The first-order chi connectivity index (χ1) is 19.2. The Morgan fingerprint density at radius 1 is 0.875 bits per heavy atom. The number of nitrogens with one attached hydrogen (secondary N) is 2. The normalized spacial score (nSPS) is 19.2. The van der Waals surface area contributed by atoms with Gasteiger partial charge in [-0.05, 0) is 55.4 Å². The lowest BCUT2D eigenvalue weighted by atomic mass is 9.67. The van der Waals surface area contributed by atoms with Crippen molar-refractivity contribution in [1.29, 1.82) is 0 Å². The second-order valence-corrected chi connectivity index (χ2v) is 10.2. The molecule has 0 radical (unpaired) electrons. The molecular formula is C31H34FN3O5. The summed E-state index contributed by atoms with van der Waals surface area (Å²) in [5.74, 6) is -3.86. The molecule has 1 aliphatic heterocycles. The summed E-state index contributed by atoms with van der Waals surface area (Å²) in [7, 11) is 1.78. The first-order valence-electron chi connectivity index (χ1n) is 13.2. The predicted octanol–water partition coefficient (Wildman–Crippen LogP) is 3.28. The number of amides is 1. The van der Waals surface area contributed by atoms with Crippen molar-refractivity contribution in [3.8, 4) is 11.5 Å². The average molecular weight is 548 g/mol. The van der Waals surface area contributed by atoms with Crippen LogP contribution in [0.3, 0.4) is 0 Å². The van der Waals surface area contributed by atoms with Crippen molar-refractivity contribution in [2.75, 3.05) is 39.8 Å². The minimum absolute atomic E-state index is 0.0355. The molecule has 0 aromatic heterocycles. The summed E-state index contributed by atoms with van der Waals surface area (Å²) in [6.45, 7) is 2.90. The molecule has 1 saturated heterocycles. The third-order valence-corrected chi connectivity index (χ3v) is 7.44. The molecule has 2 atom stereocenters. The van der Waals surface area contributed by atoms with Gasteiger partial charge >= 0.3 is 0 Å².